The van der Waals surface area contributed by atoms with E-state index in [0.717, 1.165) is 25.9 Å². The van der Waals surface area contributed by atoms with Gasteiger partial charge in [0.15, 0.2) is 0 Å². The first-order chi connectivity index (χ1) is 9.97. The number of likely N-dealkylation sites (tertiary alicyclic amines) is 2. The van der Waals surface area contributed by atoms with E-state index in [1.807, 2.05) is 0 Å². The fourth-order valence-electron chi connectivity index (χ4n) is 3.20. The molecule has 0 aliphatic carbocycles. The van der Waals surface area contributed by atoms with Gasteiger partial charge in [-0.25, -0.2) is 4.79 Å². The zero-order chi connectivity index (χ0) is 15.4. The van der Waals surface area contributed by atoms with Gasteiger partial charge in [0.25, 0.3) is 0 Å². The summed E-state index contributed by atoms with van der Waals surface area (Å²) in [4.78, 5) is 27.3. The zero-order valence-corrected chi connectivity index (χ0v) is 13.0. The van der Waals surface area contributed by atoms with Gasteiger partial charge in [0.2, 0.25) is 0 Å². The maximum absolute atomic E-state index is 12.1. The lowest BCUT2D eigenvalue weighted by atomic mass is 9.99. The quantitative estimate of drug-likeness (QED) is 0.818. The van der Waals surface area contributed by atoms with E-state index in [1.165, 1.54) is 0 Å². The molecule has 0 aromatic heterocycles. The molecule has 2 atom stereocenters. The SMILES string of the molecule is CC(C)N1CCC(CNC(=O)N2CCCC(C(=O)O)C2)C1. The molecule has 2 aliphatic heterocycles. The molecule has 21 heavy (non-hydrogen) atoms. The summed E-state index contributed by atoms with van der Waals surface area (Å²) in [5.74, 6) is -0.695. The minimum atomic E-state index is -0.795. The van der Waals surface area contributed by atoms with Crippen molar-refractivity contribution in [1.29, 1.82) is 0 Å². The first kappa shape index (κ1) is 16.1. The van der Waals surface area contributed by atoms with Crippen molar-refractivity contribution in [3.8, 4) is 0 Å². The standard InChI is InChI=1S/C15H27N3O3/c1-11(2)17-7-5-12(9-17)8-16-15(21)18-6-3-4-13(10-18)14(19)20/h11-13H,3-10H2,1-2H3,(H,16,21)(H,19,20). The second-order valence-corrected chi connectivity index (χ2v) is 6.55. The Balaban J connectivity index is 1.73. The van der Waals surface area contributed by atoms with E-state index in [1.54, 1.807) is 4.90 Å². The topological polar surface area (TPSA) is 72.9 Å². The molecule has 2 saturated heterocycles. The van der Waals surface area contributed by atoms with Crippen molar-refractivity contribution in [3.63, 3.8) is 0 Å². The van der Waals surface area contributed by atoms with Crippen LogP contribution in [0.1, 0.15) is 33.1 Å². The third kappa shape index (κ3) is 4.33. The molecule has 0 saturated carbocycles. The highest BCUT2D eigenvalue weighted by Crippen LogP contribution is 2.19. The van der Waals surface area contributed by atoms with Gasteiger partial charge in [-0.3, -0.25) is 4.79 Å². The van der Waals surface area contributed by atoms with Crippen molar-refractivity contribution in [2.75, 3.05) is 32.7 Å². The predicted molar refractivity (Wildman–Crippen MR) is 80.1 cm³/mol. The lowest BCUT2D eigenvalue weighted by molar-refractivity contribution is -0.143. The molecule has 2 heterocycles. The highest BCUT2D eigenvalue weighted by molar-refractivity contribution is 5.76. The van der Waals surface area contributed by atoms with Crippen LogP contribution in [0, 0.1) is 11.8 Å². The summed E-state index contributed by atoms with van der Waals surface area (Å²) in [6.07, 6.45) is 2.57. The number of carbonyl (C=O) groups excluding carboxylic acids is 1. The third-order valence-corrected chi connectivity index (χ3v) is 4.65. The number of urea groups is 1. The van der Waals surface area contributed by atoms with Crippen LogP contribution >= 0.6 is 0 Å². The predicted octanol–water partition coefficient (Wildman–Crippen LogP) is 1.22. The van der Waals surface area contributed by atoms with Gasteiger partial charge in [0, 0.05) is 32.2 Å². The van der Waals surface area contributed by atoms with Crippen molar-refractivity contribution in [2.45, 2.75) is 39.2 Å². The highest BCUT2D eigenvalue weighted by Gasteiger charge is 2.29. The van der Waals surface area contributed by atoms with Gasteiger partial charge in [-0.15, -0.1) is 0 Å². The fraction of sp³-hybridized carbons (Fsp3) is 0.867. The number of hydrogen-bond acceptors (Lipinski definition) is 3. The van der Waals surface area contributed by atoms with Crippen LogP contribution in [-0.4, -0.2) is 65.7 Å². The van der Waals surface area contributed by atoms with Gasteiger partial charge in [0.05, 0.1) is 5.92 Å². The molecule has 6 heteroatoms. The Hall–Kier alpha value is -1.30. The largest absolute Gasteiger partial charge is 0.481 e. The number of carboxylic acids is 1. The average molecular weight is 297 g/mol. The van der Waals surface area contributed by atoms with Gasteiger partial charge in [-0.05, 0) is 45.6 Å². The number of aliphatic carboxylic acids is 1. The summed E-state index contributed by atoms with van der Waals surface area (Å²) in [6, 6.07) is 0.452. The van der Waals surface area contributed by atoms with Crippen molar-refractivity contribution in [3.05, 3.63) is 0 Å². The Morgan fingerprint density at radius 2 is 2.00 bits per heavy atom. The molecule has 6 nitrogen and oxygen atoms in total. The van der Waals surface area contributed by atoms with Gasteiger partial charge >= 0.3 is 12.0 Å². The van der Waals surface area contributed by atoms with Crippen LogP contribution in [0.5, 0.6) is 0 Å². The van der Waals surface area contributed by atoms with Crippen LogP contribution in [0.2, 0.25) is 0 Å². The second-order valence-electron chi connectivity index (χ2n) is 6.55. The Morgan fingerprint density at radius 3 is 2.62 bits per heavy atom. The molecule has 0 aromatic rings. The number of piperidine rings is 1. The first-order valence-corrected chi connectivity index (χ1v) is 7.97. The van der Waals surface area contributed by atoms with E-state index in [4.69, 9.17) is 5.11 Å². The number of rotatable bonds is 4. The van der Waals surface area contributed by atoms with Crippen LogP contribution < -0.4 is 5.32 Å². The Labute approximate surface area is 126 Å². The molecule has 2 aliphatic rings. The fourth-order valence-corrected chi connectivity index (χ4v) is 3.20. The van der Waals surface area contributed by atoms with E-state index < -0.39 is 11.9 Å². The second kappa shape index (κ2) is 7.11. The van der Waals surface area contributed by atoms with E-state index in [-0.39, 0.29) is 6.03 Å². The van der Waals surface area contributed by atoms with Crippen molar-refractivity contribution in [1.82, 2.24) is 15.1 Å². The molecule has 2 fully saturated rings. The van der Waals surface area contributed by atoms with Crippen LogP contribution in [-0.2, 0) is 4.79 Å². The number of nitrogens with zero attached hydrogens (tertiary/aromatic N) is 2. The number of carboxylic acid groups (broad SMARTS) is 1. The monoisotopic (exact) mass is 297 g/mol. The summed E-state index contributed by atoms with van der Waals surface area (Å²) in [6.45, 7) is 8.22. The number of nitrogens with one attached hydrogen (secondary N) is 1. The van der Waals surface area contributed by atoms with Gasteiger partial charge in [0.1, 0.15) is 0 Å². The van der Waals surface area contributed by atoms with E-state index >= 15 is 0 Å². The molecular formula is C15H27N3O3. The van der Waals surface area contributed by atoms with Crippen LogP contribution in [0.3, 0.4) is 0 Å². The highest BCUT2D eigenvalue weighted by atomic mass is 16.4. The lowest BCUT2D eigenvalue weighted by Crippen LogP contribution is -2.48. The van der Waals surface area contributed by atoms with Crippen LogP contribution in [0.4, 0.5) is 4.79 Å². The van der Waals surface area contributed by atoms with Gasteiger partial charge < -0.3 is 20.2 Å². The maximum atomic E-state index is 12.1. The number of carbonyl (C=O) groups is 2. The molecule has 0 spiro atoms. The van der Waals surface area contributed by atoms with Crippen molar-refractivity contribution < 1.29 is 14.7 Å². The Bertz CT molecular complexity index is 386. The smallest absolute Gasteiger partial charge is 0.317 e. The summed E-state index contributed by atoms with van der Waals surface area (Å²) >= 11 is 0. The normalized spacial score (nSPS) is 27.1. The van der Waals surface area contributed by atoms with E-state index in [2.05, 4.69) is 24.1 Å². The lowest BCUT2D eigenvalue weighted by Gasteiger charge is -2.31. The van der Waals surface area contributed by atoms with Crippen molar-refractivity contribution >= 4 is 12.0 Å². The summed E-state index contributed by atoms with van der Waals surface area (Å²) in [5.41, 5.74) is 0. The molecule has 2 amide bonds. The molecule has 2 N–H and O–H groups in total. The van der Waals surface area contributed by atoms with Crippen LogP contribution in [0.15, 0.2) is 0 Å². The molecule has 2 unspecified atom stereocenters. The summed E-state index contributed by atoms with van der Waals surface area (Å²) in [5, 5.41) is 12.0. The number of hydrogen-bond donors (Lipinski definition) is 2. The molecule has 2 rings (SSSR count). The molecule has 0 radical (unpaired) electrons. The Kier molecular flexibility index (Phi) is 5.45. The first-order valence-electron chi connectivity index (χ1n) is 7.97. The molecule has 0 bridgehead atoms. The van der Waals surface area contributed by atoms with Crippen LogP contribution in [0.25, 0.3) is 0 Å². The average Bonchev–Trinajstić information content (AvgIpc) is 2.94. The molecular weight excluding hydrogens is 270 g/mol. The summed E-state index contributed by atoms with van der Waals surface area (Å²) < 4.78 is 0. The molecule has 120 valence electrons. The van der Waals surface area contributed by atoms with Crippen molar-refractivity contribution in [2.24, 2.45) is 11.8 Å². The zero-order valence-electron chi connectivity index (χ0n) is 13.0. The number of amides is 2. The van der Waals surface area contributed by atoms with Gasteiger partial charge in [-0.1, -0.05) is 0 Å². The van der Waals surface area contributed by atoms with E-state index in [9.17, 15) is 9.59 Å². The van der Waals surface area contributed by atoms with Gasteiger partial charge in [-0.2, -0.15) is 0 Å². The minimum absolute atomic E-state index is 0.107. The van der Waals surface area contributed by atoms with E-state index in [0.29, 0.717) is 38.0 Å². The Morgan fingerprint density at radius 1 is 1.24 bits per heavy atom. The maximum Gasteiger partial charge on any atom is 0.317 e. The summed E-state index contributed by atoms with van der Waals surface area (Å²) in [7, 11) is 0. The molecule has 0 aromatic carbocycles. The third-order valence-electron chi connectivity index (χ3n) is 4.65. The minimum Gasteiger partial charge on any atom is -0.481 e.